The van der Waals surface area contributed by atoms with E-state index < -0.39 is 0 Å². The first-order chi connectivity index (χ1) is 10.6. The molecule has 2 amide bonds. The van der Waals surface area contributed by atoms with E-state index in [1.54, 1.807) is 16.7 Å². The van der Waals surface area contributed by atoms with E-state index in [1.807, 2.05) is 36.6 Å². The summed E-state index contributed by atoms with van der Waals surface area (Å²) in [5, 5.41) is 5.19. The van der Waals surface area contributed by atoms with Gasteiger partial charge in [-0.15, -0.1) is 23.1 Å². The van der Waals surface area contributed by atoms with Crippen molar-refractivity contribution >= 4 is 45.7 Å². The first-order valence-corrected chi connectivity index (χ1v) is 8.74. The number of nitrogens with zero attached hydrogens (tertiary/aromatic N) is 2. The van der Waals surface area contributed by atoms with Crippen molar-refractivity contribution in [3.63, 3.8) is 0 Å². The summed E-state index contributed by atoms with van der Waals surface area (Å²) < 4.78 is 0. The summed E-state index contributed by atoms with van der Waals surface area (Å²) >= 11 is 3.03. The van der Waals surface area contributed by atoms with Crippen molar-refractivity contribution in [3.05, 3.63) is 35.3 Å². The van der Waals surface area contributed by atoms with Gasteiger partial charge in [0.1, 0.15) is 6.54 Å². The number of para-hydroxylation sites is 1. The Bertz CT molecular complexity index is 714. The maximum atomic E-state index is 12.3. The molecule has 1 aliphatic heterocycles. The molecular formula is C15H15N3O2S2. The highest BCUT2D eigenvalue weighted by Gasteiger charge is 2.24. The molecule has 3 rings (SSSR count). The molecule has 7 heteroatoms. The van der Waals surface area contributed by atoms with Crippen molar-refractivity contribution < 1.29 is 9.59 Å². The van der Waals surface area contributed by atoms with Crippen molar-refractivity contribution in [2.24, 2.45) is 0 Å². The summed E-state index contributed by atoms with van der Waals surface area (Å²) in [6.07, 6.45) is 0.434. The van der Waals surface area contributed by atoms with Crippen LogP contribution in [-0.4, -0.2) is 29.1 Å². The quantitative estimate of drug-likeness (QED) is 0.938. The highest BCUT2D eigenvalue weighted by atomic mass is 32.2. The van der Waals surface area contributed by atoms with Crippen LogP contribution in [0, 0.1) is 6.92 Å². The Morgan fingerprint density at radius 2 is 2.23 bits per heavy atom. The normalized spacial score (nSPS) is 14.4. The van der Waals surface area contributed by atoms with Gasteiger partial charge in [0.05, 0.1) is 11.4 Å². The van der Waals surface area contributed by atoms with Crippen LogP contribution in [-0.2, 0) is 9.59 Å². The van der Waals surface area contributed by atoms with Gasteiger partial charge in [-0.1, -0.05) is 12.1 Å². The molecule has 1 aromatic heterocycles. The van der Waals surface area contributed by atoms with Gasteiger partial charge in [-0.25, -0.2) is 4.98 Å². The Morgan fingerprint density at radius 3 is 3.00 bits per heavy atom. The van der Waals surface area contributed by atoms with Crippen LogP contribution >= 0.6 is 23.1 Å². The average molecular weight is 333 g/mol. The van der Waals surface area contributed by atoms with Gasteiger partial charge in [-0.3, -0.25) is 9.59 Å². The second kappa shape index (κ2) is 6.50. The van der Waals surface area contributed by atoms with Gasteiger partial charge >= 0.3 is 0 Å². The van der Waals surface area contributed by atoms with Crippen molar-refractivity contribution in [2.45, 2.75) is 18.2 Å². The average Bonchev–Trinajstić information content (AvgIpc) is 2.83. The molecule has 1 N–H and O–H groups in total. The van der Waals surface area contributed by atoms with E-state index in [0.29, 0.717) is 11.6 Å². The molecule has 1 aromatic carbocycles. The first-order valence-electron chi connectivity index (χ1n) is 6.87. The minimum Gasteiger partial charge on any atom is -0.302 e. The summed E-state index contributed by atoms with van der Waals surface area (Å²) in [6, 6.07) is 7.69. The standard InChI is InChI=1S/C15H15N3O2S2/c1-10-9-22-15(16-10)17-13(19)8-18-11-4-2-3-5-12(11)21-7-6-14(18)20/h2-5,9H,6-8H2,1H3,(H,16,17,19). The lowest BCUT2D eigenvalue weighted by molar-refractivity contribution is -0.121. The van der Waals surface area contributed by atoms with Crippen molar-refractivity contribution in [1.29, 1.82) is 0 Å². The van der Waals surface area contributed by atoms with Crippen LogP contribution in [0.4, 0.5) is 10.8 Å². The molecule has 0 radical (unpaired) electrons. The summed E-state index contributed by atoms with van der Waals surface area (Å²) in [6.45, 7) is 1.88. The third kappa shape index (κ3) is 3.31. The van der Waals surface area contributed by atoms with Crippen LogP contribution < -0.4 is 10.2 Å². The predicted octanol–water partition coefficient (Wildman–Crippen LogP) is 2.92. The van der Waals surface area contributed by atoms with E-state index in [-0.39, 0.29) is 18.4 Å². The molecule has 5 nitrogen and oxygen atoms in total. The Labute approximate surface area is 136 Å². The fourth-order valence-electron chi connectivity index (χ4n) is 2.21. The van der Waals surface area contributed by atoms with Gasteiger partial charge in [0.15, 0.2) is 5.13 Å². The van der Waals surface area contributed by atoms with Crippen LogP contribution in [0.1, 0.15) is 12.1 Å². The van der Waals surface area contributed by atoms with Crippen molar-refractivity contribution in [1.82, 2.24) is 4.98 Å². The number of amides is 2. The van der Waals surface area contributed by atoms with Crippen molar-refractivity contribution in [2.75, 3.05) is 22.5 Å². The topological polar surface area (TPSA) is 62.3 Å². The molecule has 0 unspecified atom stereocenters. The number of benzene rings is 1. The second-order valence-corrected chi connectivity index (χ2v) is 6.88. The Morgan fingerprint density at radius 1 is 1.41 bits per heavy atom. The summed E-state index contributed by atoms with van der Waals surface area (Å²) in [4.78, 5) is 31.3. The lowest BCUT2D eigenvalue weighted by atomic mass is 10.2. The van der Waals surface area contributed by atoms with Gasteiger partial charge in [-0.2, -0.15) is 0 Å². The number of hydrogen-bond donors (Lipinski definition) is 1. The highest BCUT2D eigenvalue weighted by molar-refractivity contribution is 7.99. The van der Waals surface area contributed by atoms with Gasteiger partial charge < -0.3 is 10.2 Å². The molecule has 0 saturated heterocycles. The van der Waals surface area contributed by atoms with E-state index in [0.717, 1.165) is 22.0 Å². The van der Waals surface area contributed by atoms with Gasteiger partial charge in [0.25, 0.3) is 0 Å². The zero-order valence-electron chi connectivity index (χ0n) is 12.0. The van der Waals surface area contributed by atoms with Crippen molar-refractivity contribution in [3.8, 4) is 0 Å². The monoisotopic (exact) mass is 333 g/mol. The third-order valence-corrected chi connectivity index (χ3v) is 5.14. The lowest BCUT2D eigenvalue weighted by Crippen LogP contribution is -2.37. The molecule has 1 aliphatic rings. The molecule has 0 aliphatic carbocycles. The SMILES string of the molecule is Cc1csc(NC(=O)CN2C(=O)CCSc3ccccc32)n1. The second-order valence-electron chi connectivity index (χ2n) is 4.89. The third-order valence-electron chi connectivity index (χ3n) is 3.20. The van der Waals surface area contributed by atoms with Gasteiger partial charge in [-0.05, 0) is 19.1 Å². The zero-order valence-corrected chi connectivity index (χ0v) is 13.7. The van der Waals surface area contributed by atoms with Gasteiger partial charge in [0, 0.05) is 22.4 Å². The van der Waals surface area contributed by atoms with Crippen LogP contribution in [0.15, 0.2) is 34.5 Å². The summed E-state index contributed by atoms with van der Waals surface area (Å²) in [7, 11) is 0. The van der Waals surface area contributed by atoms with E-state index >= 15 is 0 Å². The van der Waals surface area contributed by atoms with Crippen LogP contribution in [0.3, 0.4) is 0 Å². The molecule has 0 atom stereocenters. The summed E-state index contributed by atoms with van der Waals surface area (Å²) in [5.41, 5.74) is 1.67. The fourth-order valence-corrected chi connectivity index (χ4v) is 3.91. The minimum absolute atomic E-state index is 0.00896. The lowest BCUT2D eigenvalue weighted by Gasteiger charge is -2.21. The number of aromatic nitrogens is 1. The summed E-state index contributed by atoms with van der Waals surface area (Å²) in [5.74, 6) is 0.479. The number of carbonyl (C=O) groups is 2. The zero-order chi connectivity index (χ0) is 15.5. The number of aryl methyl sites for hydroxylation is 1. The number of thiazole rings is 1. The molecule has 2 heterocycles. The highest BCUT2D eigenvalue weighted by Crippen LogP contribution is 2.33. The Hall–Kier alpha value is -1.86. The number of hydrogen-bond acceptors (Lipinski definition) is 5. The Kier molecular flexibility index (Phi) is 4.44. The minimum atomic E-state index is -0.232. The van der Waals surface area contributed by atoms with E-state index in [1.165, 1.54) is 11.3 Å². The molecular weight excluding hydrogens is 318 g/mol. The maximum Gasteiger partial charge on any atom is 0.246 e. The van der Waals surface area contributed by atoms with Gasteiger partial charge in [0.2, 0.25) is 11.8 Å². The number of anilines is 2. The Balaban J connectivity index is 1.77. The molecule has 0 spiro atoms. The number of carbonyl (C=O) groups excluding carboxylic acids is 2. The number of nitrogens with one attached hydrogen (secondary N) is 1. The largest absolute Gasteiger partial charge is 0.302 e. The maximum absolute atomic E-state index is 12.3. The smallest absolute Gasteiger partial charge is 0.246 e. The number of rotatable bonds is 3. The van der Waals surface area contributed by atoms with Crippen LogP contribution in [0.5, 0.6) is 0 Å². The molecule has 0 bridgehead atoms. The molecule has 114 valence electrons. The first kappa shape index (κ1) is 15.1. The molecule has 2 aromatic rings. The predicted molar refractivity (Wildman–Crippen MR) is 89.6 cm³/mol. The van der Waals surface area contributed by atoms with E-state index in [2.05, 4.69) is 10.3 Å². The molecule has 0 saturated carbocycles. The number of fused-ring (bicyclic) bond motifs is 1. The molecule has 22 heavy (non-hydrogen) atoms. The van der Waals surface area contributed by atoms with E-state index in [4.69, 9.17) is 0 Å². The van der Waals surface area contributed by atoms with E-state index in [9.17, 15) is 9.59 Å². The molecule has 0 fully saturated rings. The van der Waals surface area contributed by atoms with Crippen LogP contribution in [0.25, 0.3) is 0 Å². The van der Waals surface area contributed by atoms with Crippen LogP contribution in [0.2, 0.25) is 0 Å². The number of thioether (sulfide) groups is 1. The fraction of sp³-hybridized carbons (Fsp3) is 0.267.